The second kappa shape index (κ2) is 9.23. The van der Waals surface area contributed by atoms with Gasteiger partial charge in [-0.05, 0) is 45.4 Å². The molecule has 5 nitrogen and oxygen atoms in total. The molecule has 21 heavy (non-hydrogen) atoms. The van der Waals surface area contributed by atoms with Gasteiger partial charge in [0.1, 0.15) is 6.61 Å². The van der Waals surface area contributed by atoms with Crippen LogP contribution >= 0.6 is 0 Å². The molecule has 0 heterocycles. The number of ether oxygens (including phenoxy) is 3. The average Bonchev–Trinajstić information content (AvgIpc) is 2.47. The van der Waals surface area contributed by atoms with Crippen molar-refractivity contribution < 1.29 is 19.0 Å². The van der Waals surface area contributed by atoms with Gasteiger partial charge in [-0.15, -0.1) is 0 Å². The maximum absolute atomic E-state index is 11.7. The number of carbonyl (C=O) groups is 1. The van der Waals surface area contributed by atoms with E-state index in [1.165, 1.54) is 0 Å². The Bertz CT molecular complexity index is 448. The summed E-state index contributed by atoms with van der Waals surface area (Å²) in [4.78, 5) is 11.7. The molecule has 0 spiro atoms. The molecular formula is C16H25NO4. The van der Waals surface area contributed by atoms with Crippen LogP contribution in [0, 0.1) is 0 Å². The van der Waals surface area contributed by atoms with Crippen molar-refractivity contribution >= 4 is 5.91 Å². The van der Waals surface area contributed by atoms with Gasteiger partial charge in [0.25, 0.3) is 0 Å². The van der Waals surface area contributed by atoms with Crippen LogP contribution in [0.15, 0.2) is 18.2 Å². The van der Waals surface area contributed by atoms with E-state index >= 15 is 0 Å². The molecule has 0 saturated carbocycles. The minimum Gasteiger partial charge on any atom is -0.490 e. The molecule has 0 bridgehead atoms. The van der Waals surface area contributed by atoms with Gasteiger partial charge in [-0.1, -0.05) is 6.07 Å². The molecule has 1 rings (SSSR count). The second-order valence-corrected chi connectivity index (χ2v) is 4.50. The van der Waals surface area contributed by atoms with Crippen LogP contribution in [0.4, 0.5) is 0 Å². The molecule has 1 aromatic rings. The Morgan fingerprint density at radius 2 is 1.76 bits per heavy atom. The van der Waals surface area contributed by atoms with Gasteiger partial charge >= 0.3 is 0 Å². The van der Waals surface area contributed by atoms with Gasteiger partial charge in [0, 0.05) is 6.61 Å². The maximum atomic E-state index is 11.7. The molecule has 1 atom stereocenters. The zero-order chi connectivity index (χ0) is 15.7. The van der Waals surface area contributed by atoms with Crippen LogP contribution in [0.5, 0.6) is 11.5 Å². The third-order valence-electron chi connectivity index (χ3n) is 2.88. The summed E-state index contributed by atoms with van der Waals surface area (Å²) >= 11 is 0. The molecule has 1 N–H and O–H groups in total. The highest BCUT2D eigenvalue weighted by Crippen LogP contribution is 2.30. The highest BCUT2D eigenvalue weighted by atomic mass is 16.5. The van der Waals surface area contributed by atoms with E-state index in [-0.39, 0.29) is 18.6 Å². The first-order valence-electron chi connectivity index (χ1n) is 7.38. The number of nitrogens with one attached hydrogen (secondary N) is 1. The molecular weight excluding hydrogens is 270 g/mol. The molecule has 118 valence electrons. The smallest absolute Gasteiger partial charge is 0.246 e. The van der Waals surface area contributed by atoms with Crippen molar-refractivity contribution in [3.05, 3.63) is 23.8 Å². The largest absolute Gasteiger partial charge is 0.490 e. The quantitative estimate of drug-likeness (QED) is 0.761. The summed E-state index contributed by atoms with van der Waals surface area (Å²) in [5, 5.41) is 2.89. The lowest BCUT2D eigenvalue weighted by molar-refractivity contribution is -0.126. The van der Waals surface area contributed by atoms with E-state index in [1.807, 2.05) is 45.9 Å². The fourth-order valence-corrected chi connectivity index (χ4v) is 1.90. The third-order valence-corrected chi connectivity index (χ3v) is 2.88. The zero-order valence-corrected chi connectivity index (χ0v) is 13.3. The number of hydrogen-bond donors (Lipinski definition) is 1. The van der Waals surface area contributed by atoms with Gasteiger partial charge in [0.05, 0.1) is 19.3 Å². The van der Waals surface area contributed by atoms with E-state index in [0.717, 1.165) is 11.3 Å². The number of rotatable bonds is 9. The molecule has 1 amide bonds. The lowest BCUT2D eigenvalue weighted by atomic mass is 10.1. The Hall–Kier alpha value is -1.75. The average molecular weight is 295 g/mol. The molecule has 1 aromatic carbocycles. The lowest BCUT2D eigenvalue weighted by Crippen LogP contribution is -2.30. The summed E-state index contributed by atoms with van der Waals surface area (Å²) in [5.74, 6) is 1.29. The van der Waals surface area contributed by atoms with Crippen LogP contribution < -0.4 is 14.8 Å². The van der Waals surface area contributed by atoms with Crippen molar-refractivity contribution in [2.45, 2.75) is 33.7 Å². The Morgan fingerprint density at radius 3 is 2.38 bits per heavy atom. The normalized spacial score (nSPS) is 11.8. The Labute approximate surface area is 126 Å². The van der Waals surface area contributed by atoms with E-state index in [9.17, 15) is 4.79 Å². The Balaban J connectivity index is 2.77. The minimum absolute atomic E-state index is 0.0796. The van der Waals surface area contributed by atoms with E-state index in [4.69, 9.17) is 14.2 Å². The highest BCUT2D eigenvalue weighted by Gasteiger charge is 2.13. The molecule has 0 aromatic heterocycles. The lowest BCUT2D eigenvalue weighted by Gasteiger charge is -2.17. The highest BCUT2D eigenvalue weighted by molar-refractivity contribution is 5.77. The van der Waals surface area contributed by atoms with Crippen molar-refractivity contribution in [2.24, 2.45) is 0 Å². The van der Waals surface area contributed by atoms with Crippen molar-refractivity contribution in [2.75, 3.05) is 26.4 Å². The summed E-state index contributed by atoms with van der Waals surface area (Å²) in [6, 6.07) is 5.58. The molecule has 0 aliphatic heterocycles. The van der Waals surface area contributed by atoms with Crippen LogP contribution in [0.1, 0.15) is 39.3 Å². The SMILES string of the molecule is CCOCC(=O)NC(C)c1ccc(OCC)c(OCC)c1. The second-order valence-electron chi connectivity index (χ2n) is 4.50. The van der Waals surface area contributed by atoms with E-state index in [2.05, 4.69) is 5.32 Å². The first kappa shape index (κ1) is 17.3. The Kier molecular flexibility index (Phi) is 7.61. The fraction of sp³-hybridized carbons (Fsp3) is 0.562. The van der Waals surface area contributed by atoms with Crippen LogP contribution in [-0.4, -0.2) is 32.3 Å². The molecule has 1 unspecified atom stereocenters. The first-order valence-corrected chi connectivity index (χ1v) is 7.38. The van der Waals surface area contributed by atoms with Crippen LogP contribution in [0.25, 0.3) is 0 Å². The summed E-state index contributed by atoms with van der Waals surface area (Å²) in [7, 11) is 0. The van der Waals surface area contributed by atoms with Gasteiger partial charge in [0.2, 0.25) is 5.91 Å². The van der Waals surface area contributed by atoms with Crippen molar-refractivity contribution in [1.82, 2.24) is 5.32 Å². The monoisotopic (exact) mass is 295 g/mol. The minimum atomic E-state index is -0.129. The van der Waals surface area contributed by atoms with Crippen molar-refractivity contribution in [1.29, 1.82) is 0 Å². The summed E-state index contributed by atoms with van der Waals surface area (Å²) in [6.07, 6.45) is 0. The number of amides is 1. The van der Waals surface area contributed by atoms with E-state index in [0.29, 0.717) is 25.6 Å². The first-order chi connectivity index (χ1) is 10.1. The predicted octanol–water partition coefficient (Wildman–Crippen LogP) is 2.70. The van der Waals surface area contributed by atoms with Crippen LogP contribution in [0.2, 0.25) is 0 Å². The third kappa shape index (κ3) is 5.63. The number of benzene rings is 1. The molecule has 0 aliphatic carbocycles. The van der Waals surface area contributed by atoms with Gasteiger partial charge in [-0.2, -0.15) is 0 Å². The number of hydrogen-bond acceptors (Lipinski definition) is 4. The fourth-order valence-electron chi connectivity index (χ4n) is 1.90. The number of carbonyl (C=O) groups excluding carboxylic acids is 1. The summed E-state index contributed by atoms with van der Waals surface area (Å²) in [6.45, 7) is 9.40. The Morgan fingerprint density at radius 1 is 1.10 bits per heavy atom. The van der Waals surface area contributed by atoms with Crippen molar-refractivity contribution in [3.63, 3.8) is 0 Å². The van der Waals surface area contributed by atoms with E-state index < -0.39 is 0 Å². The van der Waals surface area contributed by atoms with Gasteiger partial charge in [0.15, 0.2) is 11.5 Å². The standard InChI is InChI=1S/C16H25NO4/c1-5-19-11-16(18)17-12(4)13-8-9-14(20-6-2)15(10-13)21-7-3/h8-10,12H,5-7,11H2,1-4H3,(H,17,18). The van der Waals surface area contributed by atoms with Gasteiger partial charge in [-0.3, -0.25) is 4.79 Å². The van der Waals surface area contributed by atoms with Crippen LogP contribution in [-0.2, 0) is 9.53 Å². The van der Waals surface area contributed by atoms with Gasteiger partial charge < -0.3 is 19.5 Å². The van der Waals surface area contributed by atoms with Crippen LogP contribution in [0.3, 0.4) is 0 Å². The molecule has 0 aliphatic rings. The summed E-state index contributed by atoms with van der Waals surface area (Å²) < 4.78 is 16.2. The molecule has 5 heteroatoms. The van der Waals surface area contributed by atoms with E-state index in [1.54, 1.807) is 0 Å². The maximum Gasteiger partial charge on any atom is 0.246 e. The summed E-state index contributed by atoms with van der Waals surface area (Å²) in [5.41, 5.74) is 0.965. The topological polar surface area (TPSA) is 56.8 Å². The van der Waals surface area contributed by atoms with Gasteiger partial charge in [-0.25, -0.2) is 0 Å². The molecule has 0 saturated heterocycles. The van der Waals surface area contributed by atoms with Crippen molar-refractivity contribution in [3.8, 4) is 11.5 Å². The molecule has 0 fully saturated rings. The zero-order valence-electron chi connectivity index (χ0n) is 13.3. The predicted molar refractivity (Wildman–Crippen MR) is 81.8 cm³/mol. The molecule has 0 radical (unpaired) electrons.